The van der Waals surface area contributed by atoms with Crippen molar-refractivity contribution in [3.63, 3.8) is 0 Å². The van der Waals surface area contributed by atoms with Crippen LogP contribution in [-0.4, -0.2) is 283 Å². The molecule has 0 radical (unpaired) electrons. The molecule has 4 aromatic rings. The molecule has 1 aromatic carbocycles. The Morgan fingerprint density at radius 1 is 0.374 bits per heavy atom. The first kappa shape index (κ1) is 102. The summed E-state index contributed by atoms with van der Waals surface area (Å²) in [6, 6.07) is 21.6. The number of aryl methyl sites for hydroxylation is 1. The molecule has 0 amide bonds. The highest BCUT2D eigenvalue weighted by atomic mass is 16.5. The van der Waals surface area contributed by atoms with Gasteiger partial charge >= 0.3 is 0 Å². The van der Waals surface area contributed by atoms with Gasteiger partial charge in [0.25, 0.3) is 0 Å². The largest absolute Gasteiger partial charge is 0.372 e. The van der Waals surface area contributed by atoms with E-state index in [1.807, 2.05) is 215 Å². The second kappa shape index (κ2) is 43.3. The Balaban J connectivity index is 0.000000204. The van der Waals surface area contributed by atoms with Crippen molar-refractivity contribution in [2.45, 2.75) is 249 Å². The van der Waals surface area contributed by atoms with Crippen LogP contribution in [0.5, 0.6) is 0 Å². The number of pyridine rings is 3. The number of aromatic nitrogens is 3. The highest BCUT2D eigenvalue weighted by molar-refractivity contribution is 6.01. The molecule has 3 aromatic heterocycles. The Morgan fingerprint density at radius 2 is 0.797 bits per heavy atom. The Kier molecular flexibility index (Phi) is 35.7. The first-order valence-corrected chi connectivity index (χ1v) is 46.4. The topological polar surface area (TPSA) is 217 Å². The van der Waals surface area contributed by atoms with Crippen LogP contribution >= 0.6 is 0 Å². The molecule has 10 heterocycles. The van der Waals surface area contributed by atoms with Gasteiger partial charge in [0.2, 0.25) is 0 Å². The first-order valence-electron chi connectivity index (χ1n) is 46.4. The van der Waals surface area contributed by atoms with Crippen molar-refractivity contribution < 1.29 is 43.1 Å². The summed E-state index contributed by atoms with van der Waals surface area (Å²) < 4.78 is 5.62. The molecule has 7 saturated heterocycles. The van der Waals surface area contributed by atoms with Crippen LogP contribution in [0.25, 0.3) is 0 Å². The second-order valence-electron chi connectivity index (χ2n) is 44.9. The minimum absolute atomic E-state index is 0.109. The number of ether oxygens (including phenoxy) is 1. The van der Waals surface area contributed by atoms with Crippen LogP contribution in [-0.2, 0) is 30.3 Å². The lowest BCUT2D eigenvalue weighted by molar-refractivity contribution is -0.131. The fourth-order valence-corrected chi connectivity index (χ4v) is 17.1. The maximum Gasteiger partial charge on any atom is 0.169 e. The van der Waals surface area contributed by atoms with Crippen LogP contribution in [0.15, 0.2) is 79.3 Å². The molecule has 1 unspecified atom stereocenters. The smallest absolute Gasteiger partial charge is 0.169 e. The summed E-state index contributed by atoms with van der Waals surface area (Å²) in [5, 5.41) is 0. The van der Waals surface area contributed by atoms with Gasteiger partial charge in [-0.15, -0.1) is 0 Å². The van der Waals surface area contributed by atoms with Gasteiger partial charge in [-0.25, -0.2) is 15.0 Å². The Labute approximate surface area is 741 Å². The molecule has 0 aliphatic carbocycles. The molecule has 22 nitrogen and oxygen atoms in total. The van der Waals surface area contributed by atoms with Gasteiger partial charge in [0.05, 0.1) is 26.2 Å². The van der Waals surface area contributed by atoms with E-state index < -0.39 is 5.41 Å². The Hall–Kier alpha value is -6.89. The molecule has 11 rings (SSSR count). The molecule has 684 valence electrons. The number of rotatable bonds is 27. The SMILES string of the molecule is CC(C)(C)C(=O)CN1CCC(CN2CCN(c3ccc(C(=O)C(C)(C)C)cn3)CC2)CC1.CC(C)(C)C(=O)CN1CCN(CCC2CCN(c3ccc(C(=O)C(C)(C)C)cn3)C2)CC1.CC(C)(C)C(=O)CN1C[C@@H]2C[C@H]1CN2CCCc1cccc(C(=O)C(C)(C)C)c1.C[C@@H]1CN(CCOCC(=O)C(C)(C)C)C[C@H](C)N1c1ccc(C(=O)C(C)(C)C)cn1. The summed E-state index contributed by atoms with van der Waals surface area (Å²) in [6.45, 7) is 74.5. The van der Waals surface area contributed by atoms with Gasteiger partial charge in [-0.2, -0.15) is 0 Å². The number of Topliss-reactive ketones (excluding diaryl/α,β-unsaturated/α-hetero) is 8. The normalized spacial score (nSPS) is 21.2. The summed E-state index contributed by atoms with van der Waals surface area (Å²) in [4.78, 5) is 137. The van der Waals surface area contributed by atoms with Gasteiger partial charge in [-0.05, 0) is 145 Å². The highest BCUT2D eigenvalue weighted by Gasteiger charge is 2.45. The number of nitrogens with zero attached hydrogens (tertiary/aromatic N) is 13. The Bertz CT molecular complexity index is 4020. The third-order valence-electron chi connectivity index (χ3n) is 25.6. The van der Waals surface area contributed by atoms with Gasteiger partial charge in [-0.3, -0.25) is 67.8 Å². The van der Waals surface area contributed by atoms with Crippen LogP contribution in [0.2, 0.25) is 0 Å². The molecule has 7 aliphatic heterocycles. The van der Waals surface area contributed by atoms with E-state index >= 15 is 0 Å². The van der Waals surface area contributed by atoms with E-state index in [0.717, 1.165) is 173 Å². The van der Waals surface area contributed by atoms with Gasteiger partial charge in [0.1, 0.15) is 24.1 Å². The predicted octanol–water partition coefficient (Wildman–Crippen LogP) is 15.6. The maximum atomic E-state index is 12.5. The molecule has 0 saturated carbocycles. The van der Waals surface area contributed by atoms with Crippen LogP contribution in [0.4, 0.5) is 17.5 Å². The third kappa shape index (κ3) is 31.0. The lowest BCUT2D eigenvalue weighted by Crippen LogP contribution is -2.57. The average molecular weight is 1700 g/mol. The number of piperazine rings is 4. The fourth-order valence-electron chi connectivity index (χ4n) is 17.1. The summed E-state index contributed by atoms with van der Waals surface area (Å²) >= 11 is 0. The van der Waals surface area contributed by atoms with Gasteiger partial charge in [0, 0.05) is 213 Å². The van der Waals surface area contributed by atoms with Crippen molar-refractivity contribution >= 4 is 63.7 Å². The zero-order valence-electron chi connectivity index (χ0n) is 81.1. The van der Waals surface area contributed by atoms with Crippen LogP contribution in [0.1, 0.15) is 266 Å². The molecule has 0 N–H and O–H groups in total. The summed E-state index contributed by atoms with van der Waals surface area (Å²) in [7, 11) is 0. The first-order chi connectivity index (χ1) is 57.1. The summed E-state index contributed by atoms with van der Waals surface area (Å²) in [5.74, 6) is 6.02. The number of carbonyl (C=O) groups is 8. The number of benzene rings is 1. The minimum atomic E-state index is -0.408. The minimum Gasteiger partial charge on any atom is -0.372 e. The van der Waals surface area contributed by atoms with Crippen molar-refractivity contribution in [2.24, 2.45) is 55.2 Å². The van der Waals surface area contributed by atoms with Crippen molar-refractivity contribution in [3.05, 3.63) is 107 Å². The zero-order valence-corrected chi connectivity index (χ0v) is 81.1. The van der Waals surface area contributed by atoms with Gasteiger partial charge in [-0.1, -0.05) is 184 Å². The standard InChI is InChI=1S/2C26H42N4O2.C25H38N2O2.C24H39N3O3/c1-25(2,3)22(31)19-29-15-13-28(14-16-29)11-9-20-10-12-30(18-20)23-8-7-21(17-27-23)24(32)26(4,5)6;1-25(2,3)22(31)19-28-11-9-20(10-12-28)18-29-13-15-30(16-14-29)23-8-7-21(17-27-23)24(32)26(4,5)6;1-24(2,3)22(28)17-27-16-20-14-21(27)15-26(20)12-8-10-18-9-7-11-19(13-18)23(29)25(4,5)6;1-17-14-26(11-12-30-16-20(28)23(3,4)5)15-18(2)27(17)21-10-9-19(13-25-21)22(29)24(6,7)8/h2*7-8,17,20H,9-16,18-19H2,1-6H3;7,9,11,13,20-21H,8,10,12,14-17H2,1-6H3;9-10,13,17-18H,11-12,14-16H2,1-8H3/t;;20-,21-;17-,18+/m..0./s1. The van der Waals surface area contributed by atoms with Crippen LogP contribution < -0.4 is 14.7 Å². The summed E-state index contributed by atoms with van der Waals surface area (Å²) in [5.41, 5.74) is 1.53. The number of fused-ring (bicyclic) bond motifs is 2. The molecule has 22 heteroatoms. The lowest BCUT2D eigenvalue weighted by Gasteiger charge is -2.45. The number of ketones is 8. The molecule has 0 spiro atoms. The number of anilines is 3. The average Bonchev–Trinajstić information content (AvgIpc) is 1.68. The van der Waals surface area contributed by atoms with E-state index in [4.69, 9.17) is 4.74 Å². The van der Waals surface area contributed by atoms with Crippen molar-refractivity contribution in [3.8, 4) is 0 Å². The van der Waals surface area contributed by atoms with E-state index in [9.17, 15) is 38.4 Å². The molecule has 7 fully saturated rings. The molecular formula is C101H161N13O9. The highest BCUT2D eigenvalue weighted by Crippen LogP contribution is 2.35. The number of likely N-dealkylation sites (tertiary alicyclic amines) is 3. The number of piperidine rings is 1. The monoisotopic (exact) mass is 1700 g/mol. The van der Waals surface area contributed by atoms with Gasteiger partial charge < -0.3 is 24.3 Å². The zero-order chi connectivity index (χ0) is 91.1. The van der Waals surface area contributed by atoms with Crippen molar-refractivity contribution in [1.29, 1.82) is 0 Å². The summed E-state index contributed by atoms with van der Waals surface area (Å²) in [6.07, 6.45) is 13.3. The third-order valence-corrected chi connectivity index (χ3v) is 25.6. The van der Waals surface area contributed by atoms with E-state index in [0.29, 0.717) is 90.4 Å². The van der Waals surface area contributed by atoms with E-state index in [-0.39, 0.29) is 73.4 Å². The number of hydrogen-bond acceptors (Lipinski definition) is 22. The fraction of sp³-hybridized carbons (Fsp3) is 0.713. The second-order valence-corrected chi connectivity index (χ2v) is 44.9. The van der Waals surface area contributed by atoms with E-state index in [1.54, 1.807) is 18.6 Å². The van der Waals surface area contributed by atoms with Crippen LogP contribution in [0, 0.1) is 55.2 Å². The quantitative estimate of drug-likeness (QED) is 0.0400. The van der Waals surface area contributed by atoms with Gasteiger partial charge in [0.15, 0.2) is 46.3 Å². The molecule has 7 aliphatic rings. The van der Waals surface area contributed by atoms with E-state index in [2.05, 4.69) is 89.9 Å². The van der Waals surface area contributed by atoms with Crippen molar-refractivity contribution in [1.82, 2.24) is 49.3 Å². The molecular weight excluding hydrogens is 1540 g/mol. The Morgan fingerprint density at radius 3 is 1.25 bits per heavy atom. The number of hydrogen-bond donors (Lipinski definition) is 0. The lowest BCUT2D eigenvalue weighted by atomic mass is 9.86. The predicted molar refractivity (Wildman–Crippen MR) is 500 cm³/mol. The van der Waals surface area contributed by atoms with E-state index in [1.165, 1.54) is 37.7 Å². The number of carbonyl (C=O) groups excluding carboxylic acids is 8. The molecule has 5 atom stereocenters. The van der Waals surface area contributed by atoms with Crippen LogP contribution in [0.3, 0.4) is 0 Å². The van der Waals surface area contributed by atoms with Crippen molar-refractivity contribution in [2.75, 3.05) is 178 Å². The molecule has 2 bridgehead atoms. The maximum absolute atomic E-state index is 12.5. The molecule has 123 heavy (non-hydrogen) atoms.